The molecule has 70 valence electrons. The van der Waals surface area contributed by atoms with Gasteiger partial charge < -0.3 is 14.8 Å². The first-order chi connectivity index (χ1) is 6.13. The molecule has 1 aromatic carbocycles. The molecule has 2 N–H and O–H groups in total. The van der Waals surface area contributed by atoms with E-state index in [2.05, 4.69) is 0 Å². The molecule has 3 nitrogen and oxygen atoms in total. The molecule has 0 spiro atoms. The Kier molecular flexibility index (Phi) is 3.28. The fourth-order valence-corrected chi connectivity index (χ4v) is 1.05. The van der Waals surface area contributed by atoms with Crippen LogP contribution in [0.25, 0.3) is 0 Å². The zero-order valence-corrected chi connectivity index (χ0v) is 7.20. The highest BCUT2D eigenvalue weighted by Gasteiger charge is 2.10. The van der Waals surface area contributed by atoms with Crippen LogP contribution in [-0.4, -0.2) is 24.3 Å². The molecule has 0 aliphatic carbocycles. The summed E-state index contributed by atoms with van der Waals surface area (Å²) in [6.07, 6.45) is 0.0148. The largest absolute Gasteiger partial charge is 0.494 e. The lowest BCUT2D eigenvalue weighted by Crippen LogP contribution is -2.15. The Bertz CT molecular complexity index is 291. The summed E-state index contributed by atoms with van der Waals surface area (Å²) in [5, 5.41) is 17.3. The number of ether oxygens (including phenoxy) is 1. The van der Waals surface area contributed by atoms with E-state index in [1.807, 2.05) is 0 Å². The lowest BCUT2D eigenvalue weighted by atomic mass is 9.82. The number of rotatable bonds is 3. The Hall–Kier alpha value is -1.07. The molecule has 1 rings (SSSR count). The normalized spacial score (nSPS) is 9.85. The molecule has 0 radical (unpaired) electrons. The van der Waals surface area contributed by atoms with E-state index in [9.17, 15) is 4.39 Å². The zero-order chi connectivity index (χ0) is 9.84. The maximum atomic E-state index is 13.0. The fourth-order valence-electron chi connectivity index (χ4n) is 1.05. The zero-order valence-electron chi connectivity index (χ0n) is 7.20. The highest BCUT2D eigenvalue weighted by Crippen LogP contribution is 2.17. The van der Waals surface area contributed by atoms with E-state index in [-0.39, 0.29) is 12.1 Å². The van der Waals surface area contributed by atoms with Crippen LogP contribution in [0.15, 0.2) is 18.2 Å². The van der Waals surface area contributed by atoms with Gasteiger partial charge in [0, 0.05) is 6.32 Å². The molecule has 0 saturated carbocycles. The molecule has 0 aliphatic heterocycles. The van der Waals surface area contributed by atoms with Crippen LogP contribution in [0.3, 0.4) is 0 Å². The molecule has 13 heavy (non-hydrogen) atoms. The third kappa shape index (κ3) is 2.71. The summed E-state index contributed by atoms with van der Waals surface area (Å²) >= 11 is 0. The van der Waals surface area contributed by atoms with E-state index in [1.165, 1.54) is 19.2 Å². The summed E-state index contributed by atoms with van der Waals surface area (Å²) in [5.41, 5.74) is 0.522. The molecule has 0 unspecified atom stereocenters. The maximum Gasteiger partial charge on any atom is 0.456 e. The number of methoxy groups -OCH3 is 1. The Balaban J connectivity index is 2.83. The standard InChI is InChI=1S/C8H10BFO3/c1-13-8-3-2-6(4-7(8)10)5-9(11)12/h2-4,11-12H,5H2,1H3. The van der Waals surface area contributed by atoms with Crippen molar-refractivity contribution in [1.29, 1.82) is 0 Å². The molecular weight excluding hydrogens is 174 g/mol. The third-order valence-electron chi connectivity index (χ3n) is 1.63. The van der Waals surface area contributed by atoms with E-state index >= 15 is 0 Å². The summed E-state index contributed by atoms with van der Waals surface area (Å²) in [7, 11) is -0.0771. The quantitative estimate of drug-likeness (QED) is 0.668. The number of benzene rings is 1. The van der Waals surface area contributed by atoms with Crippen molar-refractivity contribution in [2.24, 2.45) is 0 Å². The first-order valence-electron chi connectivity index (χ1n) is 3.82. The number of halogens is 1. The molecule has 0 aliphatic rings. The summed E-state index contributed by atoms with van der Waals surface area (Å²) in [4.78, 5) is 0. The van der Waals surface area contributed by atoms with Gasteiger partial charge >= 0.3 is 7.12 Å². The molecule has 0 amide bonds. The van der Waals surface area contributed by atoms with Gasteiger partial charge in [0.2, 0.25) is 0 Å². The highest BCUT2D eigenvalue weighted by atomic mass is 19.1. The minimum absolute atomic E-state index is 0.0148. The predicted molar refractivity (Wildman–Crippen MR) is 46.8 cm³/mol. The van der Waals surface area contributed by atoms with Gasteiger partial charge in [0.15, 0.2) is 11.6 Å². The van der Waals surface area contributed by atoms with Crippen LogP contribution in [-0.2, 0) is 6.32 Å². The summed E-state index contributed by atoms with van der Waals surface area (Å²) in [6.45, 7) is 0. The van der Waals surface area contributed by atoms with Gasteiger partial charge in [-0.25, -0.2) is 4.39 Å². The van der Waals surface area contributed by atoms with Crippen molar-refractivity contribution in [3.8, 4) is 5.75 Å². The number of hydrogen-bond donors (Lipinski definition) is 2. The van der Waals surface area contributed by atoms with Gasteiger partial charge in [0.25, 0.3) is 0 Å². The Morgan fingerprint density at radius 1 is 1.46 bits per heavy atom. The molecule has 0 bridgehead atoms. The van der Waals surface area contributed by atoms with Crippen molar-refractivity contribution in [2.45, 2.75) is 6.32 Å². The van der Waals surface area contributed by atoms with Crippen LogP contribution in [0.4, 0.5) is 4.39 Å². The van der Waals surface area contributed by atoms with Crippen molar-refractivity contribution < 1.29 is 19.2 Å². The molecule has 0 saturated heterocycles. The topological polar surface area (TPSA) is 49.7 Å². The predicted octanol–water partition coefficient (Wildman–Crippen LogP) is 0.389. The minimum atomic E-state index is -1.45. The highest BCUT2D eigenvalue weighted by molar-refractivity contribution is 6.40. The van der Waals surface area contributed by atoms with Crippen LogP contribution in [0, 0.1) is 5.82 Å². The molecule has 1 aromatic rings. The first kappa shape index (κ1) is 10.0. The SMILES string of the molecule is COc1ccc(CB(O)O)cc1F. The van der Waals surface area contributed by atoms with Crippen molar-refractivity contribution in [1.82, 2.24) is 0 Å². The average molecular weight is 184 g/mol. The van der Waals surface area contributed by atoms with Gasteiger partial charge in [-0.15, -0.1) is 0 Å². The van der Waals surface area contributed by atoms with Gasteiger partial charge in [-0.05, 0) is 17.7 Å². The van der Waals surface area contributed by atoms with E-state index in [0.717, 1.165) is 0 Å². The van der Waals surface area contributed by atoms with Gasteiger partial charge in [-0.1, -0.05) is 6.07 Å². The summed E-state index contributed by atoms with van der Waals surface area (Å²) in [6, 6.07) is 4.26. The second-order valence-electron chi connectivity index (χ2n) is 2.65. The third-order valence-corrected chi connectivity index (χ3v) is 1.63. The van der Waals surface area contributed by atoms with E-state index in [0.29, 0.717) is 5.56 Å². The smallest absolute Gasteiger partial charge is 0.456 e. The second-order valence-corrected chi connectivity index (χ2v) is 2.65. The van der Waals surface area contributed by atoms with E-state index in [1.54, 1.807) is 6.07 Å². The molecule has 0 fully saturated rings. The van der Waals surface area contributed by atoms with E-state index < -0.39 is 12.9 Å². The van der Waals surface area contributed by atoms with Crippen LogP contribution < -0.4 is 4.74 Å². The molecule has 0 atom stereocenters. The van der Waals surface area contributed by atoms with Crippen LogP contribution in [0.2, 0.25) is 0 Å². The van der Waals surface area contributed by atoms with Gasteiger partial charge in [-0.3, -0.25) is 0 Å². The van der Waals surface area contributed by atoms with Crippen LogP contribution in [0.1, 0.15) is 5.56 Å². The van der Waals surface area contributed by atoms with Crippen molar-refractivity contribution in [2.75, 3.05) is 7.11 Å². The molecular formula is C8H10BFO3. The molecule has 0 aromatic heterocycles. The summed E-state index contributed by atoms with van der Waals surface area (Å²) < 4.78 is 17.7. The molecule has 0 heterocycles. The average Bonchev–Trinajstić information content (AvgIpc) is 2.03. The minimum Gasteiger partial charge on any atom is -0.494 e. The van der Waals surface area contributed by atoms with Crippen molar-refractivity contribution in [3.63, 3.8) is 0 Å². The first-order valence-corrected chi connectivity index (χ1v) is 3.82. The monoisotopic (exact) mass is 184 g/mol. The lowest BCUT2D eigenvalue weighted by molar-refractivity contribution is 0.385. The van der Waals surface area contributed by atoms with E-state index in [4.69, 9.17) is 14.8 Å². The fraction of sp³-hybridized carbons (Fsp3) is 0.250. The van der Waals surface area contributed by atoms with Crippen molar-refractivity contribution in [3.05, 3.63) is 29.6 Å². The van der Waals surface area contributed by atoms with Crippen LogP contribution in [0.5, 0.6) is 5.75 Å². The van der Waals surface area contributed by atoms with Gasteiger partial charge in [-0.2, -0.15) is 0 Å². The second kappa shape index (κ2) is 4.25. The maximum absolute atomic E-state index is 13.0. The Labute approximate surface area is 75.9 Å². The van der Waals surface area contributed by atoms with Crippen LogP contribution >= 0.6 is 0 Å². The van der Waals surface area contributed by atoms with Gasteiger partial charge in [0.1, 0.15) is 0 Å². The number of hydrogen-bond acceptors (Lipinski definition) is 3. The van der Waals surface area contributed by atoms with Gasteiger partial charge in [0.05, 0.1) is 7.11 Å². The Morgan fingerprint density at radius 2 is 2.15 bits per heavy atom. The van der Waals surface area contributed by atoms with Crippen molar-refractivity contribution >= 4 is 7.12 Å². The summed E-state index contributed by atoms with van der Waals surface area (Å²) in [5.74, 6) is -0.350. The molecule has 5 heteroatoms. The Morgan fingerprint density at radius 3 is 2.62 bits per heavy atom. The lowest BCUT2D eigenvalue weighted by Gasteiger charge is -2.04.